The van der Waals surface area contributed by atoms with Gasteiger partial charge in [0.15, 0.2) is 17.5 Å². The number of nitrogens with one attached hydrogen (secondary N) is 1. The number of halogens is 1. The number of hydrogen-bond donors (Lipinski definition) is 1. The Morgan fingerprint density at radius 3 is 2.50 bits per heavy atom. The van der Waals surface area contributed by atoms with Gasteiger partial charge in [0.1, 0.15) is 0 Å². The maximum Gasteiger partial charge on any atom is 0.193 e. The van der Waals surface area contributed by atoms with Gasteiger partial charge in [-0.3, -0.25) is 4.99 Å². The molecule has 1 saturated heterocycles. The second-order valence-corrected chi connectivity index (χ2v) is 6.75. The van der Waals surface area contributed by atoms with Crippen molar-refractivity contribution in [1.82, 2.24) is 10.2 Å². The molecule has 0 aliphatic carbocycles. The van der Waals surface area contributed by atoms with Crippen molar-refractivity contribution in [3.8, 4) is 11.5 Å². The third-order valence-electron chi connectivity index (χ3n) is 4.33. The summed E-state index contributed by atoms with van der Waals surface area (Å²) >= 11 is 0. The average Bonchev–Trinajstić information content (AvgIpc) is 2.91. The van der Waals surface area contributed by atoms with Crippen molar-refractivity contribution in [2.45, 2.75) is 26.7 Å². The minimum Gasteiger partial charge on any atom is -0.493 e. The Labute approximate surface area is 162 Å². The number of hydrogen-bond acceptors (Lipinski definition) is 3. The largest absolute Gasteiger partial charge is 0.493 e. The summed E-state index contributed by atoms with van der Waals surface area (Å²) in [5, 5.41) is 3.47. The van der Waals surface area contributed by atoms with Crippen LogP contribution in [0, 0.1) is 5.41 Å². The van der Waals surface area contributed by atoms with E-state index in [0.29, 0.717) is 5.41 Å². The Morgan fingerprint density at radius 1 is 1.25 bits per heavy atom. The maximum atomic E-state index is 5.35. The van der Waals surface area contributed by atoms with E-state index < -0.39 is 0 Å². The van der Waals surface area contributed by atoms with Gasteiger partial charge in [0.05, 0.1) is 14.2 Å². The van der Waals surface area contributed by atoms with Crippen LogP contribution in [0.2, 0.25) is 0 Å². The van der Waals surface area contributed by atoms with Crippen LogP contribution in [0.4, 0.5) is 0 Å². The third-order valence-corrected chi connectivity index (χ3v) is 4.33. The fourth-order valence-electron chi connectivity index (χ4n) is 2.98. The summed E-state index contributed by atoms with van der Waals surface area (Å²) in [5.41, 5.74) is 1.59. The van der Waals surface area contributed by atoms with Crippen LogP contribution in [-0.4, -0.2) is 51.8 Å². The molecule has 0 aromatic heterocycles. The van der Waals surface area contributed by atoms with Crippen LogP contribution in [0.1, 0.15) is 25.8 Å². The van der Waals surface area contributed by atoms with Gasteiger partial charge >= 0.3 is 0 Å². The van der Waals surface area contributed by atoms with Gasteiger partial charge in [0, 0.05) is 26.7 Å². The molecule has 0 saturated carbocycles. The molecule has 0 bridgehead atoms. The molecule has 0 atom stereocenters. The zero-order valence-electron chi connectivity index (χ0n) is 15.4. The summed E-state index contributed by atoms with van der Waals surface area (Å²) < 4.78 is 10.6. The first kappa shape index (κ1) is 20.9. The Balaban J connectivity index is 0.00000288. The molecule has 5 nitrogen and oxygen atoms in total. The highest BCUT2D eigenvalue weighted by Crippen LogP contribution is 2.29. The number of benzene rings is 1. The Kier molecular flexibility index (Phi) is 8.12. The van der Waals surface area contributed by atoms with E-state index in [0.717, 1.165) is 43.5 Å². The molecule has 1 aromatic carbocycles. The van der Waals surface area contributed by atoms with Crippen molar-refractivity contribution in [1.29, 1.82) is 0 Å². The van der Waals surface area contributed by atoms with Crippen molar-refractivity contribution in [3.63, 3.8) is 0 Å². The third kappa shape index (κ3) is 5.43. The predicted octanol–water partition coefficient (Wildman–Crippen LogP) is 3.17. The standard InChI is InChI=1S/C18H29N3O2.HI/c1-18(2)9-11-21(13-18)17(19-3)20-10-8-14-6-7-15(22-4)16(12-14)23-5;/h6-7,12H,8-11,13H2,1-5H3,(H,19,20);1H. The van der Waals surface area contributed by atoms with Crippen LogP contribution in [-0.2, 0) is 6.42 Å². The second-order valence-electron chi connectivity index (χ2n) is 6.75. The molecule has 0 amide bonds. The van der Waals surface area contributed by atoms with E-state index in [1.807, 2.05) is 19.2 Å². The van der Waals surface area contributed by atoms with E-state index in [-0.39, 0.29) is 24.0 Å². The van der Waals surface area contributed by atoms with Gasteiger partial charge in [-0.2, -0.15) is 0 Å². The minimum atomic E-state index is 0. The van der Waals surface area contributed by atoms with E-state index in [2.05, 4.69) is 35.1 Å². The first-order valence-corrected chi connectivity index (χ1v) is 8.15. The van der Waals surface area contributed by atoms with Crippen molar-refractivity contribution >= 4 is 29.9 Å². The molecule has 136 valence electrons. The highest BCUT2D eigenvalue weighted by molar-refractivity contribution is 14.0. The number of guanidine groups is 1. The van der Waals surface area contributed by atoms with Gasteiger partial charge in [-0.15, -0.1) is 24.0 Å². The fourth-order valence-corrected chi connectivity index (χ4v) is 2.98. The highest BCUT2D eigenvalue weighted by atomic mass is 127. The summed E-state index contributed by atoms with van der Waals surface area (Å²) in [7, 11) is 5.17. The number of rotatable bonds is 5. The van der Waals surface area contributed by atoms with E-state index in [1.54, 1.807) is 14.2 Å². The van der Waals surface area contributed by atoms with Crippen molar-refractivity contribution in [2.75, 3.05) is 40.9 Å². The van der Waals surface area contributed by atoms with Crippen LogP contribution in [0.5, 0.6) is 11.5 Å². The van der Waals surface area contributed by atoms with Gasteiger partial charge in [-0.1, -0.05) is 19.9 Å². The number of methoxy groups -OCH3 is 2. The molecule has 1 fully saturated rings. The summed E-state index contributed by atoms with van der Waals surface area (Å²) in [4.78, 5) is 6.76. The lowest BCUT2D eigenvalue weighted by Gasteiger charge is -2.23. The minimum absolute atomic E-state index is 0. The molecule has 1 heterocycles. The lowest BCUT2D eigenvalue weighted by molar-refractivity contribution is 0.354. The topological polar surface area (TPSA) is 46.1 Å². The van der Waals surface area contributed by atoms with Gasteiger partial charge in [-0.05, 0) is 36.0 Å². The van der Waals surface area contributed by atoms with Crippen molar-refractivity contribution in [3.05, 3.63) is 23.8 Å². The molecule has 1 N–H and O–H groups in total. The van der Waals surface area contributed by atoms with Crippen molar-refractivity contribution in [2.24, 2.45) is 10.4 Å². The lowest BCUT2D eigenvalue weighted by atomic mass is 9.93. The van der Waals surface area contributed by atoms with E-state index in [4.69, 9.17) is 9.47 Å². The zero-order chi connectivity index (χ0) is 16.9. The molecule has 6 heteroatoms. The molecular weight excluding hydrogens is 417 g/mol. The number of likely N-dealkylation sites (tertiary alicyclic amines) is 1. The van der Waals surface area contributed by atoms with Crippen LogP contribution < -0.4 is 14.8 Å². The number of nitrogens with zero attached hydrogens (tertiary/aromatic N) is 2. The SMILES string of the molecule is CN=C(NCCc1ccc(OC)c(OC)c1)N1CCC(C)(C)C1.I. The summed E-state index contributed by atoms with van der Waals surface area (Å²) in [6, 6.07) is 6.05. The summed E-state index contributed by atoms with van der Waals surface area (Å²) in [6.07, 6.45) is 2.12. The first-order valence-electron chi connectivity index (χ1n) is 8.15. The number of aliphatic imine (C=N–C) groups is 1. The molecule has 0 radical (unpaired) electrons. The van der Waals surface area contributed by atoms with Crippen LogP contribution in [0.15, 0.2) is 23.2 Å². The molecular formula is C18H30IN3O2. The van der Waals surface area contributed by atoms with E-state index in [9.17, 15) is 0 Å². The summed E-state index contributed by atoms with van der Waals surface area (Å²) in [6.45, 7) is 7.60. The Morgan fingerprint density at radius 2 is 1.96 bits per heavy atom. The Bertz CT molecular complexity index is 561. The zero-order valence-corrected chi connectivity index (χ0v) is 17.7. The normalized spacial score (nSPS) is 16.5. The molecule has 1 aliphatic rings. The first-order chi connectivity index (χ1) is 11.0. The second kappa shape index (κ2) is 9.34. The summed E-state index contributed by atoms with van der Waals surface area (Å²) in [5.74, 6) is 2.53. The molecule has 24 heavy (non-hydrogen) atoms. The molecule has 2 rings (SSSR count). The molecule has 1 aliphatic heterocycles. The van der Waals surface area contributed by atoms with Gasteiger partial charge in [0.2, 0.25) is 0 Å². The van der Waals surface area contributed by atoms with E-state index in [1.165, 1.54) is 12.0 Å². The highest BCUT2D eigenvalue weighted by Gasteiger charge is 2.30. The predicted molar refractivity (Wildman–Crippen MR) is 110 cm³/mol. The van der Waals surface area contributed by atoms with Gasteiger partial charge in [0.25, 0.3) is 0 Å². The van der Waals surface area contributed by atoms with Crippen LogP contribution in [0.3, 0.4) is 0 Å². The molecule has 0 spiro atoms. The average molecular weight is 447 g/mol. The molecule has 1 aromatic rings. The van der Waals surface area contributed by atoms with Crippen LogP contribution in [0.25, 0.3) is 0 Å². The Hall–Kier alpha value is -1.18. The van der Waals surface area contributed by atoms with Crippen molar-refractivity contribution < 1.29 is 9.47 Å². The van der Waals surface area contributed by atoms with E-state index >= 15 is 0 Å². The van der Waals surface area contributed by atoms with Gasteiger partial charge in [-0.25, -0.2) is 0 Å². The van der Waals surface area contributed by atoms with Gasteiger partial charge < -0.3 is 19.7 Å². The lowest BCUT2D eigenvalue weighted by Crippen LogP contribution is -2.41. The fraction of sp³-hybridized carbons (Fsp3) is 0.611. The number of ether oxygens (including phenoxy) is 2. The quantitative estimate of drug-likeness (QED) is 0.428. The molecule has 0 unspecified atom stereocenters. The van der Waals surface area contributed by atoms with Crippen LogP contribution >= 0.6 is 24.0 Å². The smallest absolute Gasteiger partial charge is 0.193 e. The maximum absolute atomic E-state index is 5.35. The monoisotopic (exact) mass is 447 g/mol.